The van der Waals surface area contributed by atoms with Gasteiger partial charge in [0.05, 0.1) is 0 Å². The number of hydrogen-bond donors (Lipinski definition) is 2. The quantitative estimate of drug-likeness (QED) is 0.815. The van der Waals surface area contributed by atoms with Gasteiger partial charge in [0.1, 0.15) is 0 Å². The van der Waals surface area contributed by atoms with Crippen LogP contribution in [0, 0.1) is 5.92 Å². The molecule has 2 rings (SSSR count). The first-order chi connectivity index (χ1) is 7.68. The van der Waals surface area contributed by atoms with Gasteiger partial charge in [-0.15, -0.1) is 0 Å². The molecule has 1 aromatic rings. The first-order valence-corrected chi connectivity index (χ1v) is 6.02. The monoisotopic (exact) mass is 221 g/mol. The summed E-state index contributed by atoms with van der Waals surface area (Å²) < 4.78 is 0. The van der Waals surface area contributed by atoms with Crippen molar-refractivity contribution in [2.45, 2.75) is 39.5 Å². The van der Waals surface area contributed by atoms with Crippen molar-refractivity contribution in [2.24, 2.45) is 5.92 Å². The standard InChI is InChI=1S/C12H19N3O/c1-8(2)7-13-12(16)11-9-5-3-4-6-10(9)14-15-11/h8H,3-7H2,1-2H3,(H,13,16)(H,14,15). The van der Waals surface area contributed by atoms with Gasteiger partial charge in [0.25, 0.3) is 5.91 Å². The second-order valence-corrected chi connectivity index (χ2v) is 4.84. The number of amides is 1. The summed E-state index contributed by atoms with van der Waals surface area (Å²) in [6.45, 7) is 4.88. The predicted octanol–water partition coefficient (Wildman–Crippen LogP) is 1.67. The summed E-state index contributed by atoms with van der Waals surface area (Å²) in [6.07, 6.45) is 4.37. The Morgan fingerprint density at radius 2 is 2.19 bits per heavy atom. The number of aryl methyl sites for hydroxylation is 1. The van der Waals surface area contributed by atoms with Crippen LogP contribution in [0.1, 0.15) is 48.4 Å². The smallest absolute Gasteiger partial charge is 0.272 e. The number of rotatable bonds is 3. The summed E-state index contributed by atoms with van der Waals surface area (Å²) in [5.74, 6) is 0.437. The van der Waals surface area contributed by atoms with Crippen LogP contribution in [-0.4, -0.2) is 22.6 Å². The van der Waals surface area contributed by atoms with Crippen LogP contribution in [0.25, 0.3) is 0 Å². The molecule has 1 aliphatic carbocycles. The van der Waals surface area contributed by atoms with Crippen LogP contribution in [0.4, 0.5) is 0 Å². The first kappa shape index (κ1) is 11.2. The number of nitrogens with zero attached hydrogens (tertiary/aromatic N) is 1. The number of carbonyl (C=O) groups excluding carboxylic acids is 1. The van der Waals surface area contributed by atoms with Crippen LogP contribution in [0.3, 0.4) is 0 Å². The molecule has 0 saturated heterocycles. The zero-order chi connectivity index (χ0) is 11.5. The van der Waals surface area contributed by atoms with Gasteiger partial charge in [-0.3, -0.25) is 9.89 Å². The predicted molar refractivity (Wildman–Crippen MR) is 62.4 cm³/mol. The Bertz CT molecular complexity index is 382. The molecule has 4 nitrogen and oxygen atoms in total. The maximum absolute atomic E-state index is 11.9. The first-order valence-electron chi connectivity index (χ1n) is 6.02. The maximum Gasteiger partial charge on any atom is 0.272 e. The fourth-order valence-corrected chi connectivity index (χ4v) is 2.05. The highest BCUT2D eigenvalue weighted by Crippen LogP contribution is 2.21. The lowest BCUT2D eigenvalue weighted by Crippen LogP contribution is -2.28. The van der Waals surface area contributed by atoms with E-state index >= 15 is 0 Å². The number of aromatic nitrogens is 2. The molecule has 1 aromatic heterocycles. The van der Waals surface area contributed by atoms with Gasteiger partial charge in [0.2, 0.25) is 0 Å². The fraction of sp³-hybridized carbons (Fsp3) is 0.667. The highest BCUT2D eigenvalue weighted by Gasteiger charge is 2.21. The van der Waals surface area contributed by atoms with Crippen molar-refractivity contribution in [3.8, 4) is 0 Å². The van der Waals surface area contributed by atoms with E-state index in [9.17, 15) is 4.79 Å². The highest BCUT2D eigenvalue weighted by atomic mass is 16.1. The van der Waals surface area contributed by atoms with E-state index in [1.165, 1.54) is 6.42 Å². The van der Waals surface area contributed by atoms with Gasteiger partial charge in [-0.25, -0.2) is 0 Å². The van der Waals surface area contributed by atoms with E-state index in [4.69, 9.17) is 0 Å². The van der Waals surface area contributed by atoms with Crippen molar-refractivity contribution in [3.63, 3.8) is 0 Å². The molecule has 0 saturated carbocycles. The van der Waals surface area contributed by atoms with Gasteiger partial charge < -0.3 is 5.32 Å². The van der Waals surface area contributed by atoms with Crippen molar-refractivity contribution < 1.29 is 4.79 Å². The Hall–Kier alpha value is -1.32. The molecule has 1 heterocycles. The normalized spacial score (nSPS) is 14.9. The lowest BCUT2D eigenvalue weighted by molar-refractivity contribution is 0.0943. The van der Waals surface area contributed by atoms with Gasteiger partial charge in [-0.05, 0) is 31.6 Å². The molecule has 1 amide bonds. The second kappa shape index (κ2) is 4.68. The van der Waals surface area contributed by atoms with E-state index in [2.05, 4.69) is 29.4 Å². The fourth-order valence-electron chi connectivity index (χ4n) is 2.05. The van der Waals surface area contributed by atoms with Gasteiger partial charge in [-0.2, -0.15) is 5.10 Å². The van der Waals surface area contributed by atoms with Gasteiger partial charge in [-0.1, -0.05) is 13.8 Å². The average Bonchev–Trinajstić information content (AvgIpc) is 2.69. The van der Waals surface area contributed by atoms with Gasteiger partial charge >= 0.3 is 0 Å². The summed E-state index contributed by atoms with van der Waals surface area (Å²) in [6, 6.07) is 0. The second-order valence-electron chi connectivity index (χ2n) is 4.84. The third kappa shape index (κ3) is 2.26. The summed E-state index contributed by atoms with van der Waals surface area (Å²) in [4.78, 5) is 11.9. The van der Waals surface area contributed by atoms with Crippen LogP contribution >= 0.6 is 0 Å². The van der Waals surface area contributed by atoms with E-state index in [0.717, 1.165) is 30.5 Å². The number of carbonyl (C=O) groups is 1. The number of H-pyrrole nitrogens is 1. The molecule has 0 unspecified atom stereocenters. The van der Waals surface area contributed by atoms with E-state index in [-0.39, 0.29) is 5.91 Å². The Balaban J connectivity index is 2.08. The number of nitrogens with one attached hydrogen (secondary N) is 2. The molecule has 16 heavy (non-hydrogen) atoms. The van der Waals surface area contributed by atoms with Crippen molar-refractivity contribution in [2.75, 3.05) is 6.54 Å². The molecule has 0 atom stereocenters. The molecule has 4 heteroatoms. The molecule has 88 valence electrons. The van der Waals surface area contributed by atoms with Crippen LogP contribution in [0.2, 0.25) is 0 Å². The lowest BCUT2D eigenvalue weighted by Gasteiger charge is -2.11. The van der Waals surface area contributed by atoms with Crippen molar-refractivity contribution in [1.29, 1.82) is 0 Å². The summed E-state index contributed by atoms with van der Waals surface area (Å²) in [5, 5.41) is 10.0. The molecule has 0 radical (unpaired) electrons. The van der Waals surface area contributed by atoms with Crippen molar-refractivity contribution in [1.82, 2.24) is 15.5 Å². The van der Waals surface area contributed by atoms with Crippen LogP contribution in [0.15, 0.2) is 0 Å². The molecule has 2 N–H and O–H groups in total. The van der Waals surface area contributed by atoms with Crippen LogP contribution in [0.5, 0.6) is 0 Å². The number of hydrogen-bond acceptors (Lipinski definition) is 2. The summed E-state index contributed by atoms with van der Waals surface area (Å²) in [7, 11) is 0. The summed E-state index contributed by atoms with van der Waals surface area (Å²) in [5.41, 5.74) is 2.89. The minimum Gasteiger partial charge on any atom is -0.350 e. The van der Waals surface area contributed by atoms with Gasteiger partial charge in [0.15, 0.2) is 5.69 Å². The van der Waals surface area contributed by atoms with Gasteiger partial charge in [0, 0.05) is 17.8 Å². The minimum atomic E-state index is -0.0342. The summed E-state index contributed by atoms with van der Waals surface area (Å²) >= 11 is 0. The Kier molecular flexibility index (Phi) is 3.27. The zero-order valence-electron chi connectivity index (χ0n) is 9.97. The SMILES string of the molecule is CC(C)CNC(=O)c1n[nH]c2c1CCCC2. The molecule has 0 spiro atoms. The molecule has 0 aromatic carbocycles. The number of fused-ring (bicyclic) bond motifs is 1. The molecule has 0 bridgehead atoms. The highest BCUT2D eigenvalue weighted by molar-refractivity contribution is 5.94. The van der Waals surface area contributed by atoms with Crippen LogP contribution < -0.4 is 5.32 Å². The number of aromatic amines is 1. The minimum absolute atomic E-state index is 0.0342. The lowest BCUT2D eigenvalue weighted by atomic mass is 9.96. The third-order valence-corrected chi connectivity index (χ3v) is 2.94. The van der Waals surface area contributed by atoms with E-state index in [0.29, 0.717) is 18.2 Å². The van der Waals surface area contributed by atoms with Crippen molar-refractivity contribution >= 4 is 5.91 Å². The van der Waals surface area contributed by atoms with E-state index in [1.807, 2.05) is 0 Å². The molecule has 0 aliphatic heterocycles. The maximum atomic E-state index is 11.9. The van der Waals surface area contributed by atoms with E-state index in [1.54, 1.807) is 0 Å². The molecular formula is C12H19N3O. The Morgan fingerprint density at radius 1 is 1.44 bits per heavy atom. The largest absolute Gasteiger partial charge is 0.350 e. The Labute approximate surface area is 95.8 Å². The van der Waals surface area contributed by atoms with Crippen LogP contribution in [-0.2, 0) is 12.8 Å². The average molecular weight is 221 g/mol. The molecular weight excluding hydrogens is 202 g/mol. The zero-order valence-corrected chi connectivity index (χ0v) is 9.97. The topological polar surface area (TPSA) is 57.8 Å². The molecule has 0 fully saturated rings. The third-order valence-electron chi connectivity index (χ3n) is 2.94. The molecule has 1 aliphatic rings. The van der Waals surface area contributed by atoms with Crippen molar-refractivity contribution in [3.05, 3.63) is 17.0 Å². The Morgan fingerprint density at radius 3 is 2.94 bits per heavy atom. The van der Waals surface area contributed by atoms with E-state index < -0.39 is 0 Å².